The van der Waals surface area contributed by atoms with E-state index in [1.807, 2.05) is 25.2 Å². The van der Waals surface area contributed by atoms with Crippen LogP contribution in [0.3, 0.4) is 0 Å². The Morgan fingerprint density at radius 2 is 1.71 bits per heavy atom. The van der Waals surface area contributed by atoms with Gasteiger partial charge in [0.05, 0.1) is 40.1 Å². The summed E-state index contributed by atoms with van der Waals surface area (Å²) in [6.07, 6.45) is 1.63. The number of nitriles is 1. The lowest BCUT2D eigenvalue weighted by molar-refractivity contribution is -0.145. The summed E-state index contributed by atoms with van der Waals surface area (Å²) in [6, 6.07) is 14.4. The van der Waals surface area contributed by atoms with Gasteiger partial charge in [-0.15, -0.1) is 0 Å². The maximum atomic E-state index is 12.7. The number of hydrogen-bond donors (Lipinski definition) is 0. The van der Waals surface area contributed by atoms with Crippen LogP contribution in [0.2, 0.25) is 0 Å². The van der Waals surface area contributed by atoms with Gasteiger partial charge in [-0.1, -0.05) is 18.2 Å². The molecule has 0 amide bonds. The highest BCUT2D eigenvalue weighted by Gasteiger charge is 2.42. The van der Waals surface area contributed by atoms with Gasteiger partial charge in [-0.2, -0.15) is 5.26 Å². The van der Waals surface area contributed by atoms with Gasteiger partial charge >= 0.3 is 11.9 Å². The number of benzene rings is 2. The zero-order valence-corrected chi connectivity index (χ0v) is 20.4. The van der Waals surface area contributed by atoms with Crippen molar-refractivity contribution in [1.82, 2.24) is 4.90 Å². The molecule has 0 aromatic heterocycles. The summed E-state index contributed by atoms with van der Waals surface area (Å²) in [6.45, 7) is 1.45. The summed E-state index contributed by atoms with van der Waals surface area (Å²) >= 11 is 0. The van der Waals surface area contributed by atoms with Gasteiger partial charge in [0.2, 0.25) is 0 Å². The summed E-state index contributed by atoms with van der Waals surface area (Å²) < 4.78 is 20.4. The van der Waals surface area contributed by atoms with Gasteiger partial charge in [0.15, 0.2) is 16.9 Å². The second kappa shape index (κ2) is 12.6. The largest absolute Gasteiger partial charge is 0.493 e. The molecule has 0 aliphatic rings. The minimum atomic E-state index is -1.51. The Hall–Kier alpha value is -3.57. The van der Waals surface area contributed by atoms with E-state index in [0.717, 1.165) is 18.5 Å². The zero-order valence-electron chi connectivity index (χ0n) is 20.4. The molecule has 8 heteroatoms. The van der Waals surface area contributed by atoms with Gasteiger partial charge in [0.1, 0.15) is 0 Å². The highest BCUT2D eigenvalue weighted by Crippen LogP contribution is 2.32. The highest BCUT2D eigenvalue weighted by atomic mass is 16.5. The van der Waals surface area contributed by atoms with E-state index in [-0.39, 0.29) is 12.0 Å². The molecule has 0 heterocycles. The molecule has 1 unspecified atom stereocenters. The van der Waals surface area contributed by atoms with Crippen LogP contribution in [-0.2, 0) is 26.1 Å². The first-order chi connectivity index (χ1) is 16.3. The molecule has 2 aromatic rings. The number of carbonyl (C=O) groups excluding carboxylic acids is 2. The summed E-state index contributed by atoms with van der Waals surface area (Å²) in [5.74, 6) is 0.193. The van der Waals surface area contributed by atoms with Crippen molar-refractivity contribution >= 4 is 11.9 Å². The normalized spacial score (nSPS) is 12.4. The first-order valence-electron chi connectivity index (χ1n) is 10.9. The summed E-state index contributed by atoms with van der Waals surface area (Å²) in [7, 11) is 7.74. The summed E-state index contributed by atoms with van der Waals surface area (Å²) in [4.78, 5) is 26.8. The third-order valence-corrected chi connectivity index (χ3v) is 5.82. The molecule has 0 saturated heterocycles. The van der Waals surface area contributed by atoms with Crippen LogP contribution in [0.4, 0.5) is 0 Å². The van der Waals surface area contributed by atoms with Crippen LogP contribution in [-0.4, -0.2) is 65.4 Å². The number of esters is 2. The molecule has 34 heavy (non-hydrogen) atoms. The van der Waals surface area contributed by atoms with Gasteiger partial charge in [0, 0.05) is 6.54 Å². The van der Waals surface area contributed by atoms with Crippen molar-refractivity contribution in [3.8, 4) is 17.6 Å². The Morgan fingerprint density at radius 1 is 0.971 bits per heavy atom. The van der Waals surface area contributed by atoms with Crippen molar-refractivity contribution in [2.75, 3.05) is 48.6 Å². The molecule has 0 radical (unpaired) electrons. The van der Waals surface area contributed by atoms with E-state index < -0.39 is 17.4 Å². The second-order valence-corrected chi connectivity index (χ2v) is 7.93. The molecular formula is C26H32N2O6. The smallest absolute Gasteiger partial charge is 0.337 e. The van der Waals surface area contributed by atoms with Crippen LogP contribution in [0, 0.1) is 11.3 Å². The third kappa shape index (κ3) is 6.27. The molecule has 0 aliphatic heterocycles. The van der Waals surface area contributed by atoms with E-state index >= 15 is 0 Å². The van der Waals surface area contributed by atoms with Crippen LogP contribution in [0.1, 0.15) is 34.3 Å². The number of likely N-dealkylation sites (N-methyl/N-ethyl adjacent to an activating group) is 1. The van der Waals surface area contributed by atoms with E-state index in [1.165, 1.54) is 20.3 Å². The van der Waals surface area contributed by atoms with Gasteiger partial charge in [-0.05, 0) is 68.2 Å². The van der Waals surface area contributed by atoms with Crippen molar-refractivity contribution in [2.45, 2.75) is 24.7 Å². The molecule has 0 N–H and O–H groups in total. The molecule has 0 fully saturated rings. The number of hydrogen-bond acceptors (Lipinski definition) is 8. The monoisotopic (exact) mass is 468 g/mol. The number of carbonyl (C=O) groups is 2. The molecule has 2 aromatic carbocycles. The van der Waals surface area contributed by atoms with Gasteiger partial charge < -0.3 is 23.8 Å². The lowest BCUT2D eigenvalue weighted by atomic mass is 9.77. The lowest BCUT2D eigenvalue weighted by Crippen LogP contribution is -2.37. The van der Waals surface area contributed by atoms with Gasteiger partial charge in [0.25, 0.3) is 0 Å². The number of nitrogens with zero attached hydrogens (tertiary/aromatic N) is 2. The summed E-state index contributed by atoms with van der Waals surface area (Å²) in [5, 5.41) is 10.0. The van der Waals surface area contributed by atoms with E-state index in [2.05, 4.69) is 11.0 Å². The van der Waals surface area contributed by atoms with Crippen LogP contribution < -0.4 is 9.47 Å². The number of ether oxygens (including phenoxy) is 4. The predicted molar refractivity (Wildman–Crippen MR) is 127 cm³/mol. The third-order valence-electron chi connectivity index (χ3n) is 5.82. The van der Waals surface area contributed by atoms with E-state index in [4.69, 9.17) is 18.9 Å². The molecular weight excluding hydrogens is 436 g/mol. The highest BCUT2D eigenvalue weighted by molar-refractivity contribution is 5.91. The second-order valence-electron chi connectivity index (χ2n) is 7.93. The maximum absolute atomic E-state index is 12.7. The fourth-order valence-corrected chi connectivity index (χ4v) is 3.82. The van der Waals surface area contributed by atoms with Gasteiger partial charge in [-0.25, -0.2) is 9.59 Å². The lowest BCUT2D eigenvalue weighted by Gasteiger charge is -2.26. The first-order valence-corrected chi connectivity index (χ1v) is 10.9. The van der Waals surface area contributed by atoms with Crippen molar-refractivity contribution in [1.29, 1.82) is 5.26 Å². The molecule has 182 valence electrons. The summed E-state index contributed by atoms with van der Waals surface area (Å²) in [5.41, 5.74) is 0.293. The van der Waals surface area contributed by atoms with Gasteiger partial charge in [-0.3, -0.25) is 0 Å². The van der Waals surface area contributed by atoms with E-state index in [1.54, 1.807) is 32.4 Å². The van der Waals surface area contributed by atoms with Crippen LogP contribution in [0.15, 0.2) is 42.5 Å². The van der Waals surface area contributed by atoms with Crippen molar-refractivity contribution in [3.63, 3.8) is 0 Å². The number of rotatable bonds is 12. The molecule has 0 bridgehead atoms. The molecule has 2 rings (SSSR count). The average Bonchev–Trinajstić information content (AvgIpc) is 2.88. The quantitative estimate of drug-likeness (QED) is 0.437. The molecule has 0 spiro atoms. The SMILES string of the molecule is COC(=O)c1cccc(C(C#N)(CCCN(C)CCc2ccc(OC)c(OC)c2)C(=O)OC)c1. The molecule has 1 atom stereocenters. The average molecular weight is 469 g/mol. The van der Waals surface area contributed by atoms with Crippen molar-refractivity contribution in [2.24, 2.45) is 0 Å². The first kappa shape index (κ1) is 26.7. The van der Waals surface area contributed by atoms with E-state index in [9.17, 15) is 14.9 Å². The maximum Gasteiger partial charge on any atom is 0.337 e. The standard InChI is InChI=1S/C26H32N2O6/c1-28(15-12-19-10-11-22(31-2)23(16-19)32-3)14-7-13-26(18-27,25(30)34-5)21-9-6-8-20(17-21)24(29)33-4/h6,8-11,16-17H,7,12-15H2,1-5H3. The number of methoxy groups -OCH3 is 4. The predicted octanol–water partition coefficient (Wildman–Crippen LogP) is 3.38. The molecule has 0 saturated carbocycles. The fraction of sp³-hybridized carbons (Fsp3) is 0.423. The Labute approximate surface area is 201 Å². The Bertz CT molecular complexity index is 1030. The fourth-order valence-electron chi connectivity index (χ4n) is 3.82. The van der Waals surface area contributed by atoms with Crippen LogP contribution in [0.5, 0.6) is 11.5 Å². The molecule has 0 aliphatic carbocycles. The minimum absolute atomic E-state index is 0.251. The Balaban J connectivity index is 2.07. The molecule has 8 nitrogen and oxygen atoms in total. The van der Waals surface area contributed by atoms with Crippen LogP contribution in [0.25, 0.3) is 0 Å². The Kier molecular flexibility index (Phi) is 9.90. The Morgan fingerprint density at radius 3 is 2.32 bits per heavy atom. The van der Waals surface area contributed by atoms with E-state index in [0.29, 0.717) is 30.0 Å². The minimum Gasteiger partial charge on any atom is -0.493 e. The topological polar surface area (TPSA) is 98.1 Å². The zero-order chi connectivity index (χ0) is 25.1. The van der Waals surface area contributed by atoms with Crippen LogP contribution >= 0.6 is 0 Å². The van der Waals surface area contributed by atoms with Crippen molar-refractivity contribution in [3.05, 3.63) is 59.2 Å². The van der Waals surface area contributed by atoms with Crippen molar-refractivity contribution < 1.29 is 28.5 Å².